The molecule has 112 valence electrons. The summed E-state index contributed by atoms with van der Waals surface area (Å²) in [6.45, 7) is 6.33. The topological polar surface area (TPSA) is 58.4 Å². The number of hydrogen-bond acceptors (Lipinski definition) is 4. The van der Waals surface area contributed by atoms with E-state index in [9.17, 15) is 4.79 Å². The summed E-state index contributed by atoms with van der Waals surface area (Å²) in [6.07, 6.45) is 4.03. The standard InChI is InChI=1S/C15H25N3O2/c1-4-6-15(7-5-8-16-11-15)14(19)18(3)10-13-9-12(2)20-17-13/h9,16H,4-8,10-11H2,1-3H3. The first-order valence-electron chi connectivity index (χ1n) is 7.46. The number of amides is 1. The zero-order chi connectivity index (χ0) is 14.6. The molecule has 1 aliphatic heterocycles. The van der Waals surface area contributed by atoms with Crippen molar-refractivity contribution in [3.8, 4) is 0 Å². The largest absolute Gasteiger partial charge is 0.361 e. The van der Waals surface area contributed by atoms with Crippen LogP contribution in [0.3, 0.4) is 0 Å². The van der Waals surface area contributed by atoms with E-state index in [1.165, 1.54) is 0 Å². The van der Waals surface area contributed by atoms with Gasteiger partial charge in [0.1, 0.15) is 11.5 Å². The van der Waals surface area contributed by atoms with E-state index in [1.54, 1.807) is 4.90 Å². The normalized spacial score (nSPS) is 22.8. The molecule has 1 fully saturated rings. The Bertz CT molecular complexity index is 444. The van der Waals surface area contributed by atoms with E-state index < -0.39 is 0 Å². The Hall–Kier alpha value is -1.36. The van der Waals surface area contributed by atoms with Gasteiger partial charge in [-0.05, 0) is 32.7 Å². The summed E-state index contributed by atoms with van der Waals surface area (Å²) in [4.78, 5) is 14.6. The molecule has 1 aliphatic rings. The number of rotatable bonds is 5. The Balaban J connectivity index is 2.06. The van der Waals surface area contributed by atoms with Crippen LogP contribution in [-0.4, -0.2) is 36.1 Å². The van der Waals surface area contributed by atoms with Crippen molar-refractivity contribution in [2.75, 3.05) is 20.1 Å². The highest BCUT2D eigenvalue weighted by Gasteiger charge is 2.40. The van der Waals surface area contributed by atoms with Crippen LogP contribution in [0.2, 0.25) is 0 Å². The third-order valence-corrected chi connectivity index (χ3v) is 4.08. The summed E-state index contributed by atoms with van der Waals surface area (Å²) >= 11 is 0. The average Bonchev–Trinajstić information content (AvgIpc) is 2.84. The zero-order valence-corrected chi connectivity index (χ0v) is 12.7. The van der Waals surface area contributed by atoms with Gasteiger partial charge in [-0.25, -0.2) is 0 Å². The van der Waals surface area contributed by atoms with Gasteiger partial charge >= 0.3 is 0 Å². The highest BCUT2D eigenvalue weighted by atomic mass is 16.5. The fourth-order valence-corrected chi connectivity index (χ4v) is 3.16. The summed E-state index contributed by atoms with van der Waals surface area (Å²) in [5.74, 6) is 1.01. The number of nitrogens with zero attached hydrogens (tertiary/aromatic N) is 2. The number of aryl methyl sites for hydroxylation is 1. The molecular formula is C15H25N3O2. The van der Waals surface area contributed by atoms with E-state index in [0.717, 1.165) is 50.2 Å². The lowest BCUT2D eigenvalue weighted by atomic mass is 9.76. The first-order valence-corrected chi connectivity index (χ1v) is 7.46. The van der Waals surface area contributed by atoms with Gasteiger partial charge in [0.2, 0.25) is 5.91 Å². The van der Waals surface area contributed by atoms with E-state index in [2.05, 4.69) is 17.4 Å². The van der Waals surface area contributed by atoms with Crippen molar-refractivity contribution >= 4 is 5.91 Å². The molecular weight excluding hydrogens is 254 g/mol. The predicted octanol–water partition coefficient (Wildman–Crippen LogP) is 2.11. The van der Waals surface area contributed by atoms with Crippen LogP contribution in [0.5, 0.6) is 0 Å². The predicted molar refractivity (Wildman–Crippen MR) is 77.2 cm³/mol. The summed E-state index contributed by atoms with van der Waals surface area (Å²) in [5.41, 5.74) is 0.578. The Morgan fingerprint density at radius 3 is 2.95 bits per heavy atom. The molecule has 0 aromatic carbocycles. The molecule has 1 atom stereocenters. The van der Waals surface area contributed by atoms with Crippen molar-refractivity contribution in [3.63, 3.8) is 0 Å². The van der Waals surface area contributed by atoms with Gasteiger partial charge in [0.25, 0.3) is 0 Å². The van der Waals surface area contributed by atoms with Crippen molar-refractivity contribution in [1.82, 2.24) is 15.4 Å². The lowest BCUT2D eigenvalue weighted by Gasteiger charge is -2.38. The van der Waals surface area contributed by atoms with E-state index in [0.29, 0.717) is 6.54 Å². The van der Waals surface area contributed by atoms with Crippen molar-refractivity contribution in [2.24, 2.45) is 5.41 Å². The minimum Gasteiger partial charge on any atom is -0.361 e. The third kappa shape index (κ3) is 3.20. The van der Waals surface area contributed by atoms with Crippen LogP contribution in [0.1, 0.15) is 44.1 Å². The Kier molecular flexibility index (Phi) is 4.81. The molecule has 1 unspecified atom stereocenters. The van der Waals surface area contributed by atoms with Crippen molar-refractivity contribution in [2.45, 2.75) is 46.1 Å². The van der Waals surface area contributed by atoms with Gasteiger partial charge in [-0.1, -0.05) is 18.5 Å². The number of carbonyl (C=O) groups excluding carboxylic acids is 1. The van der Waals surface area contributed by atoms with E-state index in [-0.39, 0.29) is 11.3 Å². The zero-order valence-electron chi connectivity index (χ0n) is 12.7. The van der Waals surface area contributed by atoms with Crippen LogP contribution >= 0.6 is 0 Å². The number of carbonyl (C=O) groups is 1. The van der Waals surface area contributed by atoms with Gasteiger partial charge < -0.3 is 14.7 Å². The molecule has 0 spiro atoms. The molecule has 0 saturated carbocycles. The number of aromatic nitrogens is 1. The van der Waals surface area contributed by atoms with E-state index >= 15 is 0 Å². The van der Waals surface area contributed by atoms with Crippen molar-refractivity contribution in [1.29, 1.82) is 0 Å². The Morgan fingerprint density at radius 1 is 1.60 bits per heavy atom. The molecule has 5 heteroatoms. The summed E-state index contributed by atoms with van der Waals surface area (Å²) in [6, 6.07) is 1.88. The molecule has 2 heterocycles. The fourth-order valence-electron chi connectivity index (χ4n) is 3.16. The highest BCUT2D eigenvalue weighted by Crippen LogP contribution is 2.33. The number of hydrogen-bond donors (Lipinski definition) is 1. The monoisotopic (exact) mass is 279 g/mol. The highest BCUT2D eigenvalue weighted by molar-refractivity contribution is 5.83. The fraction of sp³-hybridized carbons (Fsp3) is 0.733. The smallest absolute Gasteiger partial charge is 0.230 e. The average molecular weight is 279 g/mol. The lowest BCUT2D eigenvalue weighted by Crippen LogP contribution is -2.50. The summed E-state index contributed by atoms with van der Waals surface area (Å²) in [7, 11) is 1.86. The Labute approximate surface area is 120 Å². The molecule has 0 aliphatic carbocycles. The van der Waals surface area contributed by atoms with Gasteiger partial charge in [-0.2, -0.15) is 0 Å². The van der Waals surface area contributed by atoms with Crippen LogP contribution in [-0.2, 0) is 11.3 Å². The second kappa shape index (κ2) is 6.39. The first-order chi connectivity index (χ1) is 9.57. The van der Waals surface area contributed by atoms with Crippen LogP contribution in [0.25, 0.3) is 0 Å². The summed E-state index contributed by atoms with van der Waals surface area (Å²) in [5, 5.41) is 7.35. The van der Waals surface area contributed by atoms with Gasteiger partial charge in [0, 0.05) is 19.7 Å². The minimum absolute atomic E-state index is 0.229. The van der Waals surface area contributed by atoms with Crippen LogP contribution < -0.4 is 5.32 Å². The molecule has 2 rings (SSSR count). The van der Waals surface area contributed by atoms with Crippen LogP contribution in [0.15, 0.2) is 10.6 Å². The van der Waals surface area contributed by atoms with Crippen LogP contribution in [0, 0.1) is 12.3 Å². The molecule has 1 aromatic heterocycles. The molecule has 5 nitrogen and oxygen atoms in total. The van der Waals surface area contributed by atoms with E-state index in [4.69, 9.17) is 4.52 Å². The number of piperidine rings is 1. The Morgan fingerprint density at radius 2 is 2.40 bits per heavy atom. The maximum atomic E-state index is 12.8. The van der Waals surface area contributed by atoms with Gasteiger partial charge in [0.15, 0.2) is 0 Å². The summed E-state index contributed by atoms with van der Waals surface area (Å²) < 4.78 is 5.06. The maximum absolute atomic E-state index is 12.8. The van der Waals surface area contributed by atoms with Gasteiger partial charge in [-0.15, -0.1) is 0 Å². The number of nitrogens with one attached hydrogen (secondary N) is 1. The molecule has 20 heavy (non-hydrogen) atoms. The van der Waals surface area contributed by atoms with Crippen molar-refractivity contribution < 1.29 is 9.32 Å². The van der Waals surface area contributed by atoms with Gasteiger partial charge in [0.05, 0.1) is 12.0 Å². The first kappa shape index (κ1) is 15.0. The molecule has 0 radical (unpaired) electrons. The molecule has 1 amide bonds. The maximum Gasteiger partial charge on any atom is 0.230 e. The third-order valence-electron chi connectivity index (χ3n) is 4.08. The van der Waals surface area contributed by atoms with E-state index in [1.807, 2.05) is 20.0 Å². The SMILES string of the molecule is CCCC1(C(=O)N(C)Cc2cc(C)on2)CCCNC1. The molecule has 0 bridgehead atoms. The quantitative estimate of drug-likeness (QED) is 0.897. The van der Waals surface area contributed by atoms with Crippen molar-refractivity contribution in [3.05, 3.63) is 17.5 Å². The lowest BCUT2D eigenvalue weighted by molar-refractivity contribution is -0.143. The second-order valence-electron chi connectivity index (χ2n) is 5.90. The minimum atomic E-state index is -0.236. The molecule has 1 N–H and O–H groups in total. The molecule has 1 saturated heterocycles. The van der Waals surface area contributed by atoms with Crippen LogP contribution in [0.4, 0.5) is 0 Å². The second-order valence-corrected chi connectivity index (χ2v) is 5.90. The molecule has 1 aromatic rings. The van der Waals surface area contributed by atoms with Gasteiger partial charge in [-0.3, -0.25) is 4.79 Å².